The van der Waals surface area contributed by atoms with Crippen LogP contribution in [0.1, 0.15) is 13.8 Å². The largest absolute Gasteiger partial charge is 0.524 e. The highest BCUT2D eigenvalue weighted by atomic mass is 16.8. The van der Waals surface area contributed by atoms with Crippen molar-refractivity contribution in [3.8, 4) is 0 Å². The van der Waals surface area contributed by atoms with Gasteiger partial charge in [-0.3, -0.25) is 0 Å². The van der Waals surface area contributed by atoms with Gasteiger partial charge in [-0.25, -0.2) is 14.4 Å². The molecule has 0 aromatic rings. The minimum absolute atomic E-state index is 0.313. The molecule has 0 bridgehead atoms. The van der Waals surface area contributed by atoms with E-state index in [9.17, 15) is 24.6 Å². The molecule has 0 aliphatic rings. The third kappa shape index (κ3) is 9.56. The third-order valence-corrected chi connectivity index (χ3v) is 3.18. The molecule has 0 saturated carbocycles. The predicted octanol–water partition coefficient (Wildman–Crippen LogP) is -1.31. The summed E-state index contributed by atoms with van der Waals surface area (Å²) in [6.45, 7) is -0.0514. The average molecular weight is 438 g/mol. The van der Waals surface area contributed by atoms with Crippen LogP contribution < -0.4 is 0 Å². The average Bonchev–Trinajstić information content (AvgIpc) is 2.76. The molecule has 172 valence electrons. The Hall–Kier alpha value is -2.87. The van der Waals surface area contributed by atoms with Gasteiger partial charge in [0, 0.05) is 0 Å². The van der Waals surface area contributed by atoms with E-state index in [0.29, 0.717) is 0 Å². The van der Waals surface area contributed by atoms with Crippen LogP contribution >= 0.6 is 0 Å². The van der Waals surface area contributed by atoms with Crippen molar-refractivity contribution >= 4 is 18.1 Å². The predicted molar refractivity (Wildman–Crippen MR) is 95.1 cm³/mol. The van der Waals surface area contributed by atoms with Crippen molar-refractivity contribution in [1.29, 1.82) is 0 Å². The second kappa shape index (κ2) is 14.2. The maximum Gasteiger partial charge on any atom is 0.524 e. The first-order valence-electron chi connectivity index (χ1n) is 8.42. The molecule has 13 nitrogen and oxygen atoms in total. The zero-order chi connectivity index (χ0) is 23.3. The smallest absolute Gasteiger partial charge is 0.465 e. The summed E-state index contributed by atoms with van der Waals surface area (Å²) in [5.41, 5.74) is -0.627. The van der Waals surface area contributed by atoms with Gasteiger partial charge in [0.1, 0.15) is 36.6 Å². The molecule has 0 fully saturated rings. The molecular weight excluding hydrogens is 412 g/mol. The van der Waals surface area contributed by atoms with Gasteiger partial charge in [-0.2, -0.15) is 0 Å². The molecule has 0 aromatic heterocycles. The third-order valence-electron chi connectivity index (χ3n) is 3.18. The summed E-state index contributed by atoms with van der Waals surface area (Å²) < 4.78 is 28.5. The molecule has 0 rings (SSSR count). The lowest BCUT2D eigenvalue weighted by molar-refractivity contribution is -0.137. The van der Waals surface area contributed by atoms with Gasteiger partial charge in [0.2, 0.25) is 0 Å². The van der Waals surface area contributed by atoms with E-state index >= 15 is 0 Å². The number of rotatable bonds is 12. The minimum atomic E-state index is -1.52. The van der Waals surface area contributed by atoms with Crippen LogP contribution in [0.3, 0.4) is 0 Å². The number of carbonyl (C=O) groups excluding carboxylic acids is 3. The lowest BCUT2D eigenvalue weighted by Gasteiger charge is -2.17. The molecule has 0 saturated heterocycles. The van der Waals surface area contributed by atoms with Crippen molar-refractivity contribution < 1.29 is 63.2 Å². The highest BCUT2D eigenvalue weighted by Gasteiger charge is 2.24. The second-order valence-corrected chi connectivity index (χ2v) is 5.56. The fraction of sp³-hybridized carbons (Fsp3) is 0.588. The Balaban J connectivity index is 5.55. The zero-order valence-electron chi connectivity index (χ0n) is 16.9. The molecule has 2 unspecified atom stereocenters. The number of carbonyl (C=O) groups is 3. The fourth-order valence-electron chi connectivity index (χ4n) is 1.52. The Kier molecular flexibility index (Phi) is 12.8. The van der Waals surface area contributed by atoms with Crippen molar-refractivity contribution in [2.75, 3.05) is 40.6 Å². The molecule has 0 heterocycles. The van der Waals surface area contributed by atoms with Gasteiger partial charge in [-0.15, -0.1) is 0 Å². The van der Waals surface area contributed by atoms with Crippen LogP contribution in [0.25, 0.3) is 0 Å². The number of methoxy groups -OCH3 is 2. The molecular formula is C17H26O13. The van der Waals surface area contributed by atoms with Gasteiger partial charge in [0.05, 0.1) is 27.4 Å². The van der Waals surface area contributed by atoms with Crippen LogP contribution in [-0.4, -0.2) is 91.4 Å². The van der Waals surface area contributed by atoms with E-state index < -0.39 is 68.6 Å². The van der Waals surface area contributed by atoms with Gasteiger partial charge in [0.15, 0.2) is 0 Å². The Labute approximate surface area is 172 Å². The van der Waals surface area contributed by atoms with Crippen LogP contribution in [0, 0.1) is 0 Å². The van der Waals surface area contributed by atoms with Crippen molar-refractivity contribution in [2.24, 2.45) is 0 Å². The minimum Gasteiger partial charge on any atom is -0.465 e. The first kappa shape index (κ1) is 27.1. The van der Waals surface area contributed by atoms with Crippen LogP contribution in [0.5, 0.6) is 0 Å². The summed E-state index contributed by atoms with van der Waals surface area (Å²) in [6.07, 6.45) is -4.21. The summed E-state index contributed by atoms with van der Waals surface area (Å²) in [5.74, 6) is -3.27. The Morgan fingerprint density at radius 1 is 0.733 bits per heavy atom. The fourth-order valence-corrected chi connectivity index (χ4v) is 1.52. The number of hydrogen-bond acceptors (Lipinski definition) is 13. The van der Waals surface area contributed by atoms with E-state index in [4.69, 9.17) is 29.2 Å². The Bertz CT molecular complexity index is 598. The van der Waals surface area contributed by atoms with Crippen LogP contribution in [0.15, 0.2) is 23.0 Å². The second-order valence-electron chi connectivity index (χ2n) is 5.56. The van der Waals surface area contributed by atoms with Crippen molar-refractivity contribution in [2.45, 2.75) is 26.1 Å². The molecule has 0 amide bonds. The Morgan fingerprint density at radius 3 is 1.33 bits per heavy atom. The van der Waals surface area contributed by atoms with E-state index in [1.165, 1.54) is 13.8 Å². The van der Waals surface area contributed by atoms with Gasteiger partial charge in [-0.1, -0.05) is 0 Å². The van der Waals surface area contributed by atoms with Crippen molar-refractivity contribution in [1.82, 2.24) is 0 Å². The number of aliphatic hydroxyl groups excluding tert-OH is 4. The normalized spacial score (nSPS) is 14.4. The Morgan fingerprint density at radius 2 is 1.07 bits per heavy atom. The van der Waals surface area contributed by atoms with Crippen LogP contribution in [0.2, 0.25) is 0 Å². The molecule has 0 aliphatic carbocycles. The molecule has 0 spiro atoms. The van der Waals surface area contributed by atoms with Crippen LogP contribution in [0.4, 0.5) is 4.79 Å². The first-order valence-corrected chi connectivity index (χ1v) is 8.42. The molecule has 4 N–H and O–H groups in total. The standard InChI is InChI=1S/C17H26O13/c1-9(13(22)25-3)15(27-7-11(20)5-18)29-17(24)30-16(10(2)14(23)26-4)28-8-12(21)6-19/h11-12,18-21H,5-8H2,1-4H3. The van der Waals surface area contributed by atoms with Crippen LogP contribution in [-0.2, 0) is 38.0 Å². The van der Waals surface area contributed by atoms with Gasteiger partial charge in [-0.05, 0) is 13.8 Å². The number of aliphatic hydroxyl groups is 4. The van der Waals surface area contributed by atoms with E-state index in [1.807, 2.05) is 0 Å². The topological polar surface area (TPSA) is 188 Å². The van der Waals surface area contributed by atoms with Gasteiger partial charge < -0.3 is 48.8 Å². The maximum atomic E-state index is 12.1. The number of hydrogen-bond donors (Lipinski definition) is 4. The highest BCUT2D eigenvalue weighted by molar-refractivity contribution is 5.89. The summed E-state index contributed by atoms with van der Waals surface area (Å²) in [6, 6.07) is 0. The first-order chi connectivity index (χ1) is 14.1. The van der Waals surface area contributed by atoms with E-state index in [0.717, 1.165) is 14.2 Å². The van der Waals surface area contributed by atoms with Gasteiger partial charge in [0.25, 0.3) is 0 Å². The highest BCUT2D eigenvalue weighted by Crippen LogP contribution is 2.16. The quantitative estimate of drug-likeness (QED) is 0.122. The summed E-state index contributed by atoms with van der Waals surface area (Å²) in [7, 11) is 2.12. The molecule has 13 heteroatoms. The van der Waals surface area contributed by atoms with E-state index in [-0.39, 0.29) is 11.1 Å². The number of esters is 2. The molecule has 2 atom stereocenters. The molecule has 0 aromatic carbocycles. The summed E-state index contributed by atoms with van der Waals surface area (Å²) in [4.78, 5) is 35.5. The van der Waals surface area contributed by atoms with Gasteiger partial charge >= 0.3 is 30.0 Å². The monoisotopic (exact) mass is 438 g/mol. The molecule has 0 aliphatic heterocycles. The zero-order valence-corrected chi connectivity index (χ0v) is 16.9. The molecule has 30 heavy (non-hydrogen) atoms. The maximum absolute atomic E-state index is 12.1. The van der Waals surface area contributed by atoms with Crippen molar-refractivity contribution in [3.63, 3.8) is 0 Å². The van der Waals surface area contributed by atoms with E-state index in [1.54, 1.807) is 0 Å². The van der Waals surface area contributed by atoms with E-state index in [2.05, 4.69) is 9.47 Å². The summed E-state index contributed by atoms with van der Waals surface area (Å²) >= 11 is 0. The summed E-state index contributed by atoms with van der Waals surface area (Å²) in [5, 5.41) is 36.4. The number of ether oxygens (including phenoxy) is 6. The lowest BCUT2D eigenvalue weighted by atomic mass is 10.3. The van der Waals surface area contributed by atoms with Crippen molar-refractivity contribution in [3.05, 3.63) is 23.0 Å². The lowest BCUT2D eigenvalue weighted by Crippen LogP contribution is -2.24. The molecule has 0 radical (unpaired) electrons. The SMILES string of the molecule is COC(=O)C(C)=C(OCC(O)CO)OC(=O)OC(OCC(O)CO)=C(C)C(=O)OC.